The van der Waals surface area contributed by atoms with Gasteiger partial charge in [0.25, 0.3) is 0 Å². The van der Waals surface area contributed by atoms with Gasteiger partial charge in [-0.1, -0.05) is 6.08 Å². The maximum absolute atomic E-state index is 12.8. The average molecular weight is 325 g/mol. The minimum Gasteiger partial charge on any atom is -0.497 e. The number of carbonyl (C=O) groups excluding carboxylic acids is 2. The molecule has 2 aliphatic carbocycles. The lowest BCUT2D eigenvalue weighted by Crippen LogP contribution is -2.28. The van der Waals surface area contributed by atoms with Gasteiger partial charge < -0.3 is 9.47 Å². The second-order valence-electron chi connectivity index (χ2n) is 5.86. The minimum absolute atomic E-state index is 0.0816. The van der Waals surface area contributed by atoms with Crippen molar-refractivity contribution in [1.29, 1.82) is 0 Å². The highest BCUT2D eigenvalue weighted by Gasteiger charge is 2.33. The van der Waals surface area contributed by atoms with E-state index in [0.717, 1.165) is 5.76 Å². The van der Waals surface area contributed by atoms with E-state index in [9.17, 15) is 9.59 Å². The number of nitrogens with zero attached hydrogens (tertiary/aromatic N) is 1. The molecule has 0 spiro atoms. The summed E-state index contributed by atoms with van der Waals surface area (Å²) >= 11 is 0. The lowest BCUT2D eigenvalue weighted by atomic mass is 9.81. The van der Waals surface area contributed by atoms with Crippen molar-refractivity contribution < 1.29 is 19.1 Å². The number of rotatable bonds is 4. The van der Waals surface area contributed by atoms with Crippen LogP contribution < -0.4 is 0 Å². The third-order valence-corrected chi connectivity index (χ3v) is 4.53. The van der Waals surface area contributed by atoms with Crippen molar-refractivity contribution in [1.82, 2.24) is 4.98 Å². The molecule has 3 rings (SSSR count). The molecular formula is C19H19NO4. The molecule has 0 bridgehead atoms. The maximum atomic E-state index is 12.8. The number of fused-ring (bicyclic) bond motifs is 1. The van der Waals surface area contributed by atoms with Crippen LogP contribution in [0.15, 0.2) is 53.5 Å². The van der Waals surface area contributed by atoms with Gasteiger partial charge in [0.05, 0.1) is 18.8 Å². The molecule has 0 saturated carbocycles. The smallest absolute Gasteiger partial charge is 0.208 e. The molecule has 24 heavy (non-hydrogen) atoms. The Morgan fingerprint density at radius 2 is 2.00 bits per heavy atom. The Balaban J connectivity index is 1.96. The van der Waals surface area contributed by atoms with Gasteiger partial charge >= 0.3 is 0 Å². The summed E-state index contributed by atoms with van der Waals surface area (Å²) in [6.45, 7) is 1.70. The second-order valence-corrected chi connectivity index (χ2v) is 5.86. The molecule has 2 unspecified atom stereocenters. The zero-order valence-electron chi connectivity index (χ0n) is 13.9. The van der Waals surface area contributed by atoms with Crippen LogP contribution in [0.25, 0.3) is 0 Å². The molecule has 2 atom stereocenters. The number of ketones is 2. The van der Waals surface area contributed by atoms with Gasteiger partial charge in [0.15, 0.2) is 5.78 Å². The number of methoxy groups -OCH3 is 2. The van der Waals surface area contributed by atoms with Gasteiger partial charge in [0.1, 0.15) is 11.5 Å². The average Bonchev–Trinajstić information content (AvgIpc) is 2.63. The van der Waals surface area contributed by atoms with E-state index in [2.05, 4.69) is 4.98 Å². The first-order chi connectivity index (χ1) is 11.6. The summed E-state index contributed by atoms with van der Waals surface area (Å²) in [6.07, 6.45) is 7.45. The standard InChI is InChI=1S/C19H19NO4/c1-11-15(10-12-9-13(23-2)6-7-16(12)24-3)19(22)17-14(18(11)21)5-4-8-20-17/h4-9,12,16H,10H2,1-3H3. The van der Waals surface area contributed by atoms with E-state index in [4.69, 9.17) is 9.47 Å². The molecular weight excluding hydrogens is 306 g/mol. The predicted octanol–water partition coefficient (Wildman–Crippen LogP) is 2.90. The summed E-state index contributed by atoms with van der Waals surface area (Å²) < 4.78 is 10.8. The van der Waals surface area contributed by atoms with Crippen LogP contribution >= 0.6 is 0 Å². The first-order valence-electron chi connectivity index (χ1n) is 7.77. The molecule has 1 aromatic rings. The molecule has 0 saturated heterocycles. The van der Waals surface area contributed by atoms with E-state index >= 15 is 0 Å². The zero-order valence-corrected chi connectivity index (χ0v) is 13.9. The Labute approximate surface area is 140 Å². The highest BCUT2D eigenvalue weighted by molar-refractivity contribution is 6.25. The van der Waals surface area contributed by atoms with Gasteiger partial charge in [0, 0.05) is 30.4 Å². The molecule has 1 aromatic heterocycles. The fraction of sp³-hybridized carbons (Fsp3) is 0.316. The van der Waals surface area contributed by atoms with Crippen molar-refractivity contribution in [3.63, 3.8) is 0 Å². The molecule has 5 nitrogen and oxygen atoms in total. The van der Waals surface area contributed by atoms with Gasteiger partial charge in [-0.05, 0) is 37.6 Å². The fourth-order valence-corrected chi connectivity index (χ4v) is 3.16. The molecule has 124 valence electrons. The van der Waals surface area contributed by atoms with E-state index < -0.39 is 0 Å². The van der Waals surface area contributed by atoms with Crippen LogP contribution in [-0.2, 0) is 9.47 Å². The summed E-state index contributed by atoms with van der Waals surface area (Å²) in [5.41, 5.74) is 1.60. The van der Waals surface area contributed by atoms with Gasteiger partial charge in [-0.3, -0.25) is 14.6 Å². The number of hydrogen-bond donors (Lipinski definition) is 0. The summed E-state index contributed by atoms with van der Waals surface area (Å²) in [4.78, 5) is 29.5. The summed E-state index contributed by atoms with van der Waals surface area (Å²) in [6, 6.07) is 3.32. The van der Waals surface area contributed by atoms with Gasteiger partial charge in [-0.2, -0.15) is 0 Å². The zero-order chi connectivity index (χ0) is 17.3. The second kappa shape index (κ2) is 6.53. The SMILES string of the molecule is COC1=CC(CC2=C(C)C(=O)c3cccnc3C2=O)C(OC)C=C1. The topological polar surface area (TPSA) is 65.5 Å². The monoisotopic (exact) mass is 325 g/mol. The Hall–Kier alpha value is -2.53. The van der Waals surface area contributed by atoms with Crippen LogP contribution in [0.2, 0.25) is 0 Å². The van der Waals surface area contributed by atoms with E-state index in [1.807, 2.05) is 18.2 Å². The first kappa shape index (κ1) is 16.3. The van der Waals surface area contributed by atoms with Crippen molar-refractivity contribution in [3.8, 4) is 0 Å². The highest BCUT2D eigenvalue weighted by Crippen LogP contribution is 2.32. The van der Waals surface area contributed by atoms with E-state index in [1.54, 1.807) is 33.3 Å². The van der Waals surface area contributed by atoms with Gasteiger partial charge in [0.2, 0.25) is 5.78 Å². The molecule has 0 fully saturated rings. The normalized spacial score (nSPS) is 23.2. The number of aromatic nitrogens is 1. The lowest BCUT2D eigenvalue weighted by molar-refractivity contribution is 0.0922. The molecule has 0 amide bonds. The summed E-state index contributed by atoms with van der Waals surface area (Å²) in [7, 11) is 3.22. The van der Waals surface area contributed by atoms with Crippen LogP contribution in [0.5, 0.6) is 0 Å². The number of pyridine rings is 1. The van der Waals surface area contributed by atoms with Crippen LogP contribution in [0.3, 0.4) is 0 Å². The molecule has 0 N–H and O–H groups in total. The number of allylic oxidation sites excluding steroid dienone is 3. The quantitative estimate of drug-likeness (QED) is 0.851. The first-order valence-corrected chi connectivity index (χ1v) is 7.77. The number of Topliss-reactive ketones (excluding diaryl/α,β-unsaturated/α-hetero) is 2. The third kappa shape index (κ3) is 2.71. The van der Waals surface area contributed by atoms with Crippen LogP contribution in [0.4, 0.5) is 0 Å². The van der Waals surface area contributed by atoms with Crippen LogP contribution in [0, 0.1) is 5.92 Å². The van der Waals surface area contributed by atoms with Crippen molar-refractivity contribution in [2.24, 2.45) is 5.92 Å². The van der Waals surface area contributed by atoms with Crippen molar-refractivity contribution >= 4 is 11.6 Å². The van der Waals surface area contributed by atoms with Gasteiger partial charge in [-0.15, -0.1) is 0 Å². The van der Waals surface area contributed by atoms with Crippen LogP contribution in [0.1, 0.15) is 34.2 Å². The largest absolute Gasteiger partial charge is 0.497 e. The van der Waals surface area contributed by atoms with E-state index in [0.29, 0.717) is 23.1 Å². The van der Waals surface area contributed by atoms with Crippen molar-refractivity contribution in [2.45, 2.75) is 19.4 Å². The van der Waals surface area contributed by atoms with Crippen molar-refractivity contribution in [3.05, 3.63) is 64.7 Å². The number of hydrogen-bond acceptors (Lipinski definition) is 5. The highest BCUT2D eigenvalue weighted by atomic mass is 16.5. The van der Waals surface area contributed by atoms with Crippen LogP contribution in [-0.4, -0.2) is 36.9 Å². The molecule has 0 aliphatic heterocycles. The van der Waals surface area contributed by atoms with E-state index in [1.165, 1.54) is 6.20 Å². The van der Waals surface area contributed by atoms with Crippen molar-refractivity contribution in [2.75, 3.05) is 14.2 Å². The lowest BCUT2D eigenvalue weighted by Gasteiger charge is -2.27. The van der Waals surface area contributed by atoms with E-state index in [-0.39, 0.29) is 29.3 Å². The predicted molar refractivity (Wildman–Crippen MR) is 88.7 cm³/mol. The Morgan fingerprint density at radius 1 is 1.21 bits per heavy atom. The summed E-state index contributed by atoms with van der Waals surface area (Å²) in [5, 5.41) is 0. The Bertz CT molecular complexity index is 788. The molecule has 2 aliphatic rings. The number of carbonyl (C=O) groups is 2. The Morgan fingerprint density at radius 3 is 2.71 bits per heavy atom. The maximum Gasteiger partial charge on any atom is 0.208 e. The van der Waals surface area contributed by atoms with Gasteiger partial charge in [-0.25, -0.2) is 0 Å². The molecule has 1 heterocycles. The Kier molecular flexibility index (Phi) is 4.44. The molecule has 0 aromatic carbocycles. The molecule has 0 radical (unpaired) electrons. The fourth-order valence-electron chi connectivity index (χ4n) is 3.16. The minimum atomic E-state index is -0.181. The summed E-state index contributed by atoms with van der Waals surface area (Å²) in [5.74, 6) is 0.324. The molecule has 5 heteroatoms. The number of ether oxygens (including phenoxy) is 2. The third-order valence-electron chi connectivity index (χ3n) is 4.53.